The minimum absolute atomic E-state index is 0.0287. The van der Waals surface area contributed by atoms with Gasteiger partial charge in [-0.3, -0.25) is 9.69 Å². The molecule has 0 aliphatic carbocycles. The molecule has 4 heterocycles. The van der Waals surface area contributed by atoms with Gasteiger partial charge in [0.25, 0.3) is 5.91 Å². The molecule has 1 amide bonds. The molecule has 0 atom stereocenters. The lowest BCUT2D eigenvalue weighted by atomic mass is 10.1. The van der Waals surface area contributed by atoms with Crippen LogP contribution in [0.3, 0.4) is 0 Å². The molecule has 0 saturated carbocycles. The summed E-state index contributed by atoms with van der Waals surface area (Å²) in [4.78, 5) is 34.7. The Bertz CT molecular complexity index is 1460. The van der Waals surface area contributed by atoms with Crippen molar-refractivity contribution in [3.63, 3.8) is 0 Å². The molecular weight excluding hydrogens is 483 g/mol. The first-order chi connectivity index (χ1) is 18.2. The van der Waals surface area contributed by atoms with Crippen LogP contribution in [0.5, 0.6) is 0 Å². The molecule has 0 radical (unpaired) electrons. The molecule has 1 aromatic carbocycles. The van der Waals surface area contributed by atoms with Gasteiger partial charge in [-0.15, -0.1) is 0 Å². The molecule has 0 bridgehead atoms. The number of hydrogen-bond acceptors (Lipinski definition) is 7. The number of anilines is 2. The maximum absolute atomic E-state index is 14.8. The zero-order valence-corrected chi connectivity index (χ0v) is 22.4. The number of fused-ring (bicyclic) bond motifs is 1. The Balaban J connectivity index is 1.33. The van der Waals surface area contributed by atoms with Gasteiger partial charge in [0.2, 0.25) is 5.95 Å². The molecule has 3 aromatic heterocycles. The van der Waals surface area contributed by atoms with Crippen molar-refractivity contribution < 1.29 is 9.18 Å². The van der Waals surface area contributed by atoms with E-state index in [-0.39, 0.29) is 23.6 Å². The van der Waals surface area contributed by atoms with Crippen LogP contribution in [-0.2, 0) is 0 Å². The second-order valence-corrected chi connectivity index (χ2v) is 10.2. The number of amides is 1. The average molecular weight is 517 g/mol. The Morgan fingerprint density at radius 3 is 2.37 bits per heavy atom. The molecule has 0 unspecified atom stereocenters. The third-order valence-corrected chi connectivity index (χ3v) is 6.98. The third-order valence-electron chi connectivity index (χ3n) is 6.98. The van der Waals surface area contributed by atoms with Gasteiger partial charge >= 0.3 is 0 Å². The van der Waals surface area contributed by atoms with Crippen LogP contribution in [0.2, 0.25) is 0 Å². The number of nitrogens with zero attached hydrogens (tertiary/aromatic N) is 7. The summed E-state index contributed by atoms with van der Waals surface area (Å²) in [5.41, 5.74) is 3.13. The van der Waals surface area contributed by atoms with Crippen LogP contribution in [0.25, 0.3) is 22.3 Å². The molecule has 10 heteroatoms. The van der Waals surface area contributed by atoms with Gasteiger partial charge < -0.3 is 14.8 Å². The minimum Gasteiger partial charge on any atom is -0.336 e. The number of halogens is 1. The predicted molar refractivity (Wildman–Crippen MR) is 146 cm³/mol. The van der Waals surface area contributed by atoms with E-state index in [1.807, 2.05) is 30.0 Å². The molecule has 1 N–H and O–H groups in total. The molecule has 1 aliphatic rings. The van der Waals surface area contributed by atoms with E-state index in [4.69, 9.17) is 0 Å². The number of nitrogens with one attached hydrogen (secondary N) is 1. The van der Waals surface area contributed by atoms with Gasteiger partial charge in [-0.1, -0.05) is 6.07 Å². The first-order valence-electron chi connectivity index (χ1n) is 13.0. The van der Waals surface area contributed by atoms with Crippen LogP contribution in [0, 0.1) is 12.7 Å². The lowest BCUT2D eigenvalue weighted by Gasteiger charge is -2.36. The van der Waals surface area contributed by atoms with Crippen LogP contribution in [-0.4, -0.2) is 72.4 Å². The van der Waals surface area contributed by atoms with Crippen LogP contribution in [0.4, 0.5) is 16.2 Å². The number of aromatic nitrogens is 5. The van der Waals surface area contributed by atoms with Crippen LogP contribution < -0.4 is 5.32 Å². The van der Waals surface area contributed by atoms with E-state index in [2.05, 4.69) is 62.4 Å². The Labute approximate surface area is 221 Å². The maximum Gasteiger partial charge on any atom is 0.255 e. The lowest BCUT2D eigenvalue weighted by Crippen LogP contribution is -2.50. The molecule has 1 fully saturated rings. The summed E-state index contributed by atoms with van der Waals surface area (Å²) in [7, 11) is 0. The number of rotatable bonds is 6. The fraction of sp³-hybridized carbons (Fsp3) is 0.393. The summed E-state index contributed by atoms with van der Waals surface area (Å²) >= 11 is 0. The predicted octanol–water partition coefficient (Wildman–Crippen LogP) is 4.83. The first-order valence-corrected chi connectivity index (χ1v) is 13.0. The van der Waals surface area contributed by atoms with Gasteiger partial charge in [-0.05, 0) is 58.9 Å². The Hall–Kier alpha value is -3.92. The average Bonchev–Trinajstić information content (AvgIpc) is 3.25. The highest BCUT2D eigenvalue weighted by Crippen LogP contribution is 2.28. The maximum atomic E-state index is 14.8. The van der Waals surface area contributed by atoms with Gasteiger partial charge in [0, 0.05) is 50.0 Å². The number of hydrogen-bond donors (Lipinski definition) is 1. The van der Waals surface area contributed by atoms with Gasteiger partial charge in [-0.2, -0.15) is 0 Å². The number of carbonyl (C=O) groups is 1. The Kier molecular flexibility index (Phi) is 7.07. The number of imidazole rings is 1. The summed E-state index contributed by atoms with van der Waals surface area (Å²) in [5, 5.41) is 3.03. The SMILES string of the molecule is Cc1nc2ccc(-c3nc(Nc4ccc(C(=O)N5CCN(C(C)C)CC5)cn4)ncc3F)cc2n1C(C)C. The summed E-state index contributed by atoms with van der Waals surface area (Å²) in [6.45, 7) is 13.6. The lowest BCUT2D eigenvalue weighted by molar-refractivity contribution is 0.0595. The highest BCUT2D eigenvalue weighted by atomic mass is 19.1. The molecule has 0 spiro atoms. The smallest absolute Gasteiger partial charge is 0.255 e. The van der Waals surface area contributed by atoms with E-state index < -0.39 is 5.82 Å². The Morgan fingerprint density at radius 1 is 0.947 bits per heavy atom. The van der Waals surface area contributed by atoms with Crippen molar-refractivity contribution in [3.8, 4) is 11.3 Å². The summed E-state index contributed by atoms with van der Waals surface area (Å²) < 4.78 is 16.9. The normalized spacial score (nSPS) is 14.6. The highest BCUT2D eigenvalue weighted by molar-refractivity contribution is 5.94. The molecule has 1 saturated heterocycles. The fourth-order valence-electron chi connectivity index (χ4n) is 4.98. The van der Waals surface area contributed by atoms with E-state index in [0.29, 0.717) is 36.1 Å². The van der Waals surface area contributed by atoms with Gasteiger partial charge in [0.15, 0.2) is 5.82 Å². The van der Waals surface area contributed by atoms with Gasteiger partial charge in [0.05, 0.1) is 22.8 Å². The zero-order chi connectivity index (χ0) is 27.0. The number of piperazine rings is 1. The van der Waals surface area contributed by atoms with Crippen LogP contribution in [0.1, 0.15) is 49.9 Å². The molecule has 5 rings (SSSR count). The molecule has 1 aliphatic heterocycles. The summed E-state index contributed by atoms with van der Waals surface area (Å²) in [6.07, 6.45) is 2.70. The second-order valence-electron chi connectivity index (χ2n) is 10.2. The number of aryl methyl sites for hydroxylation is 1. The number of pyridine rings is 1. The van der Waals surface area contributed by atoms with E-state index in [1.54, 1.807) is 18.3 Å². The Morgan fingerprint density at radius 2 is 1.71 bits per heavy atom. The van der Waals surface area contributed by atoms with Crippen molar-refractivity contribution in [2.75, 3.05) is 31.5 Å². The summed E-state index contributed by atoms with van der Waals surface area (Å²) in [6, 6.07) is 9.74. The van der Waals surface area contributed by atoms with Crippen LogP contribution >= 0.6 is 0 Å². The molecule has 198 valence electrons. The van der Waals surface area contributed by atoms with Crippen molar-refractivity contribution in [2.45, 2.75) is 46.7 Å². The minimum atomic E-state index is -0.520. The van der Waals surface area contributed by atoms with E-state index in [0.717, 1.165) is 36.1 Å². The van der Waals surface area contributed by atoms with Crippen molar-refractivity contribution in [2.24, 2.45) is 0 Å². The van der Waals surface area contributed by atoms with Gasteiger partial charge in [-0.25, -0.2) is 24.3 Å². The van der Waals surface area contributed by atoms with Crippen molar-refractivity contribution >= 4 is 28.7 Å². The fourth-order valence-corrected chi connectivity index (χ4v) is 4.98. The first kappa shape index (κ1) is 25.7. The third kappa shape index (κ3) is 5.08. The standard InChI is InChI=1S/C28H33FN8O/c1-17(2)35-10-12-36(13-11-35)27(38)21-7-9-25(30-15-21)33-28-31-16-22(29)26(34-28)20-6-8-23-24(14-20)37(18(3)4)19(5)32-23/h6-9,14-18H,10-13H2,1-5H3,(H,30,31,33,34). The van der Waals surface area contributed by atoms with E-state index in [1.165, 1.54) is 0 Å². The zero-order valence-electron chi connectivity index (χ0n) is 22.4. The van der Waals surface area contributed by atoms with Crippen LogP contribution in [0.15, 0.2) is 42.7 Å². The molecule has 9 nitrogen and oxygen atoms in total. The highest BCUT2D eigenvalue weighted by Gasteiger charge is 2.23. The topological polar surface area (TPSA) is 92.1 Å². The quantitative estimate of drug-likeness (QED) is 0.393. The van der Waals surface area contributed by atoms with Gasteiger partial charge in [0.1, 0.15) is 17.3 Å². The molecule has 38 heavy (non-hydrogen) atoms. The number of carbonyl (C=O) groups excluding carboxylic acids is 1. The second kappa shape index (κ2) is 10.4. The van der Waals surface area contributed by atoms with Crippen molar-refractivity contribution in [1.82, 2.24) is 34.3 Å². The molecular formula is C28H33FN8O. The summed E-state index contributed by atoms with van der Waals surface area (Å²) in [5.74, 6) is 1.04. The van der Waals surface area contributed by atoms with E-state index in [9.17, 15) is 9.18 Å². The number of benzene rings is 1. The largest absolute Gasteiger partial charge is 0.336 e. The van der Waals surface area contributed by atoms with Crippen molar-refractivity contribution in [1.29, 1.82) is 0 Å². The van der Waals surface area contributed by atoms with E-state index >= 15 is 0 Å². The van der Waals surface area contributed by atoms with Crippen molar-refractivity contribution in [3.05, 3.63) is 59.9 Å². The molecule has 4 aromatic rings. The monoisotopic (exact) mass is 516 g/mol.